The highest BCUT2D eigenvalue weighted by Gasteiger charge is 2.47. The lowest BCUT2D eigenvalue weighted by Gasteiger charge is -2.38. The fourth-order valence-electron chi connectivity index (χ4n) is 4.58. The molecule has 3 aromatic rings. The van der Waals surface area contributed by atoms with Crippen molar-refractivity contribution < 1.29 is 14.3 Å². The van der Waals surface area contributed by atoms with E-state index < -0.39 is 5.60 Å². The third-order valence-corrected chi connectivity index (χ3v) is 6.28. The molecule has 3 heterocycles. The van der Waals surface area contributed by atoms with Gasteiger partial charge in [-0.05, 0) is 29.8 Å². The Bertz CT molecular complexity index is 1230. The monoisotopic (exact) mass is 419 g/mol. The van der Waals surface area contributed by atoms with Gasteiger partial charge >= 0.3 is 5.97 Å². The molecule has 0 aliphatic carbocycles. The standard InChI is InChI=1S/C23H18ClN3O3/c24-16-11-14(5-8-25)20-15(12-16)13-19(26-20)21(28)27-9-6-23(7-10-27)18-4-2-1-3-17(18)22(29)30-23/h1-4,11-13,26H,5-7,9-10H2. The number of likely N-dealkylation sites (tertiary alicyclic amines) is 1. The molecule has 0 unspecified atom stereocenters. The Morgan fingerprint density at radius 1 is 1.23 bits per heavy atom. The van der Waals surface area contributed by atoms with E-state index >= 15 is 0 Å². The summed E-state index contributed by atoms with van der Waals surface area (Å²) in [5.41, 5.74) is 2.89. The lowest BCUT2D eigenvalue weighted by molar-refractivity contribution is -0.0390. The number of piperidine rings is 1. The number of hydrogen-bond donors (Lipinski definition) is 1. The summed E-state index contributed by atoms with van der Waals surface area (Å²) in [6, 6.07) is 14.9. The second-order valence-electron chi connectivity index (χ2n) is 7.77. The first kappa shape index (κ1) is 18.7. The molecule has 30 heavy (non-hydrogen) atoms. The highest BCUT2D eigenvalue weighted by molar-refractivity contribution is 6.31. The van der Waals surface area contributed by atoms with Crippen LogP contribution in [-0.4, -0.2) is 34.8 Å². The second kappa shape index (κ2) is 6.89. The van der Waals surface area contributed by atoms with Crippen molar-refractivity contribution in [1.82, 2.24) is 9.88 Å². The number of esters is 1. The molecule has 1 aromatic heterocycles. The van der Waals surface area contributed by atoms with Gasteiger partial charge in [-0.3, -0.25) is 4.79 Å². The van der Waals surface area contributed by atoms with Crippen molar-refractivity contribution >= 4 is 34.4 Å². The zero-order valence-corrected chi connectivity index (χ0v) is 16.8. The van der Waals surface area contributed by atoms with Gasteiger partial charge in [0.25, 0.3) is 5.91 Å². The van der Waals surface area contributed by atoms with Gasteiger partial charge in [-0.1, -0.05) is 29.8 Å². The van der Waals surface area contributed by atoms with Gasteiger partial charge in [0.2, 0.25) is 0 Å². The molecule has 0 saturated carbocycles. The van der Waals surface area contributed by atoms with Gasteiger partial charge in [-0.25, -0.2) is 4.79 Å². The molecular formula is C23H18ClN3O3. The number of nitriles is 1. The fraction of sp³-hybridized carbons (Fsp3) is 0.261. The normalized spacial score (nSPS) is 17.1. The van der Waals surface area contributed by atoms with Crippen molar-refractivity contribution in [3.63, 3.8) is 0 Å². The van der Waals surface area contributed by atoms with Crippen LogP contribution in [0.2, 0.25) is 5.02 Å². The summed E-state index contributed by atoms with van der Waals surface area (Å²) in [4.78, 5) is 30.3. The molecule has 5 rings (SSSR count). The summed E-state index contributed by atoms with van der Waals surface area (Å²) in [7, 11) is 0. The van der Waals surface area contributed by atoms with Crippen LogP contribution in [0.4, 0.5) is 0 Å². The molecule has 0 atom stereocenters. The highest BCUT2D eigenvalue weighted by atomic mass is 35.5. The molecule has 1 N–H and O–H groups in total. The second-order valence-corrected chi connectivity index (χ2v) is 8.21. The number of aromatic amines is 1. The van der Waals surface area contributed by atoms with E-state index in [1.165, 1.54) is 0 Å². The van der Waals surface area contributed by atoms with Gasteiger partial charge in [0.1, 0.15) is 11.3 Å². The van der Waals surface area contributed by atoms with Crippen molar-refractivity contribution in [1.29, 1.82) is 5.26 Å². The first-order valence-electron chi connectivity index (χ1n) is 9.81. The van der Waals surface area contributed by atoms with Gasteiger partial charge in [-0.15, -0.1) is 0 Å². The quantitative estimate of drug-likeness (QED) is 0.631. The predicted molar refractivity (Wildman–Crippen MR) is 111 cm³/mol. The summed E-state index contributed by atoms with van der Waals surface area (Å²) < 4.78 is 5.77. The van der Waals surface area contributed by atoms with Crippen molar-refractivity contribution in [2.24, 2.45) is 0 Å². The van der Waals surface area contributed by atoms with E-state index in [0.717, 1.165) is 22.0 Å². The van der Waals surface area contributed by atoms with E-state index in [-0.39, 0.29) is 18.3 Å². The Balaban J connectivity index is 1.39. The largest absolute Gasteiger partial charge is 0.450 e. The summed E-state index contributed by atoms with van der Waals surface area (Å²) in [5.74, 6) is -0.402. The SMILES string of the molecule is N#CCc1cc(Cl)cc2cc(C(=O)N3CCC4(CC3)OC(=O)c3ccccc34)[nH]c12. The Morgan fingerprint density at radius 3 is 2.77 bits per heavy atom. The van der Waals surface area contributed by atoms with E-state index in [1.807, 2.05) is 18.2 Å². The van der Waals surface area contributed by atoms with Crippen LogP contribution >= 0.6 is 11.6 Å². The first-order valence-corrected chi connectivity index (χ1v) is 10.2. The van der Waals surface area contributed by atoms with E-state index in [9.17, 15) is 9.59 Å². The molecule has 1 spiro atoms. The third kappa shape index (κ3) is 2.86. The fourth-order valence-corrected chi connectivity index (χ4v) is 4.83. The number of amides is 1. The minimum absolute atomic E-state index is 0.113. The number of nitrogens with zero attached hydrogens (tertiary/aromatic N) is 2. The molecule has 2 aromatic carbocycles. The van der Waals surface area contributed by atoms with E-state index in [4.69, 9.17) is 21.6 Å². The maximum absolute atomic E-state index is 13.1. The minimum Gasteiger partial charge on any atom is -0.450 e. The van der Waals surface area contributed by atoms with Gasteiger partial charge in [0.15, 0.2) is 0 Å². The molecule has 2 aliphatic rings. The molecule has 6 nitrogen and oxygen atoms in total. The smallest absolute Gasteiger partial charge is 0.339 e. The van der Waals surface area contributed by atoms with Crippen LogP contribution in [0.3, 0.4) is 0 Å². The van der Waals surface area contributed by atoms with Gasteiger partial charge in [-0.2, -0.15) is 5.26 Å². The van der Waals surface area contributed by atoms with E-state index in [1.54, 1.807) is 29.2 Å². The van der Waals surface area contributed by atoms with Crippen LogP contribution in [0.25, 0.3) is 10.9 Å². The summed E-state index contributed by atoms with van der Waals surface area (Å²) >= 11 is 6.16. The number of nitrogens with one attached hydrogen (secondary N) is 1. The van der Waals surface area contributed by atoms with Crippen LogP contribution in [0.5, 0.6) is 0 Å². The Labute approximate surface area is 178 Å². The van der Waals surface area contributed by atoms with Crippen LogP contribution < -0.4 is 0 Å². The lowest BCUT2D eigenvalue weighted by Crippen LogP contribution is -2.45. The minimum atomic E-state index is -0.640. The van der Waals surface area contributed by atoms with E-state index in [0.29, 0.717) is 42.2 Å². The highest BCUT2D eigenvalue weighted by Crippen LogP contribution is 2.44. The third-order valence-electron chi connectivity index (χ3n) is 6.06. The molecule has 7 heteroatoms. The molecular weight excluding hydrogens is 402 g/mol. The molecule has 1 saturated heterocycles. The lowest BCUT2D eigenvalue weighted by atomic mass is 9.83. The predicted octanol–water partition coefficient (Wildman–Crippen LogP) is 4.19. The number of H-pyrrole nitrogens is 1. The van der Waals surface area contributed by atoms with Crippen LogP contribution in [-0.2, 0) is 16.8 Å². The summed E-state index contributed by atoms with van der Waals surface area (Å²) in [6.45, 7) is 0.975. The van der Waals surface area contributed by atoms with Crippen molar-refractivity contribution in [2.75, 3.05) is 13.1 Å². The molecule has 0 bridgehead atoms. The number of hydrogen-bond acceptors (Lipinski definition) is 4. The molecule has 150 valence electrons. The molecule has 0 radical (unpaired) electrons. The van der Waals surface area contributed by atoms with Crippen LogP contribution in [0.1, 0.15) is 44.8 Å². The average molecular weight is 420 g/mol. The van der Waals surface area contributed by atoms with Crippen molar-refractivity contribution in [3.05, 3.63) is 69.9 Å². The molecule has 2 aliphatic heterocycles. The summed E-state index contributed by atoms with van der Waals surface area (Å²) in [5, 5.41) is 10.4. The number of benzene rings is 2. The van der Waals surface area contributed by atoms with Gasteiger partial charge in [0.05, 0.1) is 23.6 Å². The maximum Gasteiger partial charge on any atom is 0.339 e. The topological polar surface area (TPSA) is 86.2 Å². The van der Waals surface area contributed by atoms with Crippen LogP contribution in [0.15, 0.2) is 42.5 Å². The number of halogens is 1. The Morgan fingerprint density at radius 2 is 2.00 bits per heavy atom. The Kier molecular flexibility index (Phi) is 4.30. The number of carbonyl (C=O) groups is 2. The number of rotatable bonds is 2. The van der Waals surface area contributed by atoms with Crippen LogP contribution in [0, 0.1) is 11.3 Å². The zero-order valence-electron chi connectivity index (χ0n) is 16.1. The van der Waals surface area contributed by atoms with Crippen molar-refractivity contribution in [2.45, 2.75) is 24.9 Å². The van der Waals surface area contributed by atoms with Crippen molar-refractivity contribution in [3.8, 4) is 6.07 Å². The molecule has 1 amide bonds. The number of fused-ring (bicyclic) bond motifs is 3. The van der Waals surface area contributed by atoms with E-state index in [2.05, 4.69) is 11.1 Å². The van der Waals surface area contributed by atoms with Gasteiger partial charge in [0, 0.05) is 41.9 Å². The van der Waals surface area contributed by atoms with Gasteiger partial charge < -0.3 is 14.6 Å². The maximum atomic E-state index is 13.1. The average Bonchev–Trinajstić information content (AvgIpc) is 3.28. The number of ether oxygens (including phenoxy) is 1. The zero-order chi connectivity index (χ0) is 20.9. The Hall–Kier alpha value is -3.30. The summed E-state index contributed by atoms with van der Waals surface area (Å²) in [6.07, 6.45) is 1.34. The first-order chi connectivity index (χ1) is 14.5. The number of aromatic nitrogens is 1. The molecule has 1 fully saturated rings. The number of carbonyl (C=O) groups excluding carboxylic acids is 2.